The molecule has 0 aliphatic rings. The van der Waals surface area contributed by atoms with E-state index >= 15 is 0 Å². The van der Waals surface area contributed by atoms with Gasteiger partial charge in [-0.05, 0) is 24.3 Å². The number of anilines is 1. The quantitative estimate of drug-likeness (QED) is 0.635. The van der Waals surface area contributed by atoms with E-state index in [0.29, 0.717) is 23.0 Å². The maximum atomic E-state index is 12.3. The molecule has 1 amide bonds. The number of pyridine rings is 1. The Bertz CT molecular complexity index is 914. The van der Waals surface area contributed by atoms with Crippen molar-refractivity contribution in [2.45, 2.75) is 26.2 Å². The molecule has 3 aromatic rings. The number of benzene rings is 1. The van der Waals surface area contributed by atoms with Crippen molar-refractivity contribution in [1.29, 1.82) is 0 Å². The minimum Gasteiger partial charge on any atom is -0.439 e. The van der Waals surface area contributed by atoms with Gasteiger partial charge in [0.2, 0.25) is 5.88 Å². The molecule has 7 heteroatoms. The number of carbonyl (C=O) groups is 1. The standard InChI is InChI=1S/C19H19BrN4O2/c1-19(2,3)15-10-16(24-23-15)22-18(25)12-7-8-17(21-11-12)26-14-6-4-5-13(20)9-14/h4-11H,1-3H3,(H2,22,23,24,25). The van der Waals surface area contributed by atoms with Crippen molar-refractivity contribution >= 4 is 27.7 Å². The maximum Gasteiger partial charge on any atom is 0.258 e. The summed E-state index contributed by atoms with van der Waals surface area (Å²) < 4.78 is 6.58. The first-order valence-electron chi connectivity index (χ1n) is 8.08. The van der Waals surface area contributed by atoms with Crippen LogP contribution in [-0.4, -0.2) is 21.1 Å². The Hall–Kier alpha value is -2.67. The lowest BCUT2D eigenvalue weighted by Gasteiger charge is -2.14. The molecular weight excluding hydrogens is 396 g/mol. The highest BCUT2D eigenvalue weighted by Crippen LogP contribution is 2.24. The molecule has 2 N–H and O–H groups in total. The van der Waals surface area contributed by atoms with E-state index in [1.54, 1.807) is 12.1 Å². The highest BCUT2D eigenvalue weighted by Gasteiger charge is 2.17. The summed E-state index contributed by atoms with van der Waals surface area (Å²) in [5, 5.41) is 9.82. The highest BCUT2D eigenvalue weighted by molar-refractivity contribution is 9.10. The number of H-pyrrole nitrogens is 1. The topological polar surface area (TPSA) is 79.9 Å². The number of halogens is 1. The number of ether oxygens (including phenoxy) is 1. The van der Waals surface area contributed by atoms with E-state index in [0.717, 1.165) is 10.2 Å². The van der Waals surface area contributed by atoms with Crippen LogP contribution < -0.4 is 10.1 Å². The monoisotopic (exact) mass is 414 g/mol. The van der Waals surface area contributed by atoms with Gasteiger partial charge in [0, 0.05) is 33.9 Å². The zero-order valence-electron chi connectivity index (χ0n) is 14.7. The lowest BCUT2D eigenvalue weighted by Crippen LogP contribution is -2.13. The first-order valence-corrected chi connectivity index (χ1v) is 8.87. The Balaban J connectivity index is 1.66. The van der Waals surface area contributed by atoms with Crippen LogP contribution >= 0.6 is 15.9 Å². The van der Waals surface area contributed by atoms with Crippen LogP contribution in [0.25, 0.3) is 0 Å². The van der Waals surface area contributed by atoms with E-state index in [2.05, 4.69) is 57.2 Å². The number of nitrogens with one attached hydrogen (secondary N) is 2. The van der Waals surface area contributed by atoms with Gasteiger partial charge in [0.05, 0.1) is 5.56 Å². The molecule has 0 spiro atoms. The van der Waals surface area contributed by atoms with Crippen LogP contribution in [0.3, 0.4) is 0 Å². The average molecular weight is 415 g/mol. The van der Waals surface area contributed by atoms with Crippen molar-refractivity contribution < 1.29 is 9.53 Å². The molecule has 1 aromatic carbocycles. The van der Waals surface area contributed by atoms with E-state index in [-0.39, 0.29) is 11.3 Å². The van der Waals surface area contributed by atoms with Crippen molar-refractivity contribution in [2.75, 3.05) is 5.32 Å². The fraction of sp³-hybridized carbons (Fsp3) is 0.211. The molecule has 6 nitrogen and oxygen atoms in total. The summed E-state index contributed by atoms with van der Waals surface area (Å²) in [7, 11) is 0. The molecule has 0 atom stereocenters. The minimum atomic E-state index is -0.279. The zero-order chi connectivity index (χ0) is 18.7. The number of aromatic amines is 1. The second kappa shape index (κ2) is 7.29. The fourth-order valence-corrected chi connectivity index (χ4v) is 2.56. The molecule has 26 heavy (non-hydrogen) atoms. The molecule has 0 saturated heterocycles. The summed E-state index contributed by atoms with van der Waals surface area (Å²) in [6, 6.07) is 12.6. The van der Waals surface area contributed by atoms with Gasteiger partial charge < -0.3 is 10.1 Å². The van der Waals surface area contributed by atoms with Gasteiger partial charge in [0.1, 0.15) is 5.75 Å². The van der Waals surface area contributed by atoms with Crippen molar-refractivity contribution in [3.05, 3.63) is 64.4 Å². The fourth-order valence-electron chi connectivity index (χ4n) is 2.18. The zero-order valence-corrected chi connectivity index (χ0v) is 16.3. The van der Waals surface area contributed by atoms with Crippen LogP contribution in [0.2, 0.25) is 0 Å². The first kappa shape index (κ1) is 18.1. The minimum absolute atomic E-state index is 0.0665. The van der Waals surface area contributed by atoms with Gasteiger partial charge in [0.25, 0.3) is 5.91 Å². The summed E-state index contributed by atoms with van der Waals surface area (Å²) in [6.07, 6.45) is 1.47. The third-order valence-corrected chi connectivity index (χ3v) is 4.14. The summed E-state index contributed by atoms with van der Waals surface area (Å²) in [5.74, 6) is 1.28. The third-order valence-electron chi connectivity index (χ3n) is 3.64. The Morgan fingerprint density at radius 2 is 2.00 bits per heavy atom. The number of rotatable bonds is 4. The number of hydrogen-bond acceptors (Lipinski definition) is 4. The molecule has 0 saturated carbocycles. The number of nitrogens with zero attached hydrogens (tertiary/aromatic N) is 2. The molecular formula is C19H19BrN4O2. The van der Waals surface area contributed by atoms with Crippen molar-refractivity contribution in [2.24, 2.45) is 0 Å². The molecule has 2 aromatic heterocycles. The van der Waals surface area contributed by atoms with E-state index in [4.69, 9.17) is 4.74 Å². The summed E-state index contributed by atoms with van der Waals surface area (Å²) in [5.41, 5.74) is 1.30. The Kier molecular flexibility index (Phi) is 5.08. The van der Waals surface area contributed by atoms with E-state index in [1.165, 1.54) is 6.20 Å². The molecule has 0 aliphatic carbocycles. The second-order valence-electron chi connectivity index (χ2n) is 6.82. The van der Waals surface area contributed by atoms with Crippen LogP contribution in [-0.2, 0) is 5.41 Å². The summed E-state index contributed by atoms with van der Waals surface area (Å²) >= 11 is 3.39. The first-order chi connectivity index (χ1) is 12.3. The number of amides is 1. The van der Waals surface area contributed by atoms with Gasteiger partial charge in [-0.2, -0.15) is 5.10 Å². The van der Waals surface area contributed by atoms with Crippen LogP contribution in [0.1, 0.15) is 36.8 Å². The molecule has 0 aliphatic heterocycles. The van der Waals surface area contributed by atoms with Crippen molar-refractivity contribution in [1.82, 2.24) is 15.2 Å². The van der Waals surface area contributed by atoms with Gasteiger partial charge in [-0.25, -0.2) is 4.98 Å². The molecule has 0 radical (unpaired) electrons. The molecule has 0 fully saturated rings. The Labute approximate surface area is 160 Å². The normalized spacial score (nSPS) is 11.2. The molecule has 2 heterocycles. The SMILES string of the molecule is CC(C)(C)c1cc(NC(=O)c2ccc(Oc3cccc(Br)c3)nc2)n[nH]1. The smallest absolute Gasteiger partial charge is 0.258 e. The lowest BCUT2D eigenvalue weighted by atomic mass is 9.92. The second-order valence-corrected chi connectivity index (χ2v) is 7.73. The van der Waals surface area contributed by atoms with E-state index in [1.807, 2.05) is 30.3 Å². The van der Waals surface area contributed by atoms with Gasteiger partial charge >= 0.3 is 0 Å². The average Bonchev–Trinajstić information content (AvgIpc) is 3.04. The van der Waals surface area contributed by atoms with Gasteiger partial charge in [-0.1, -0.05) is 42.8 Å². The van der Waals surface area contributed by atoms with E-state index in [9.17, 15) is 4.79 Å². The maximum absolute atomic E-state index is 12.3. The predicted molar refractivity (Wildman–Crippen MR) is 104 cm³/mol. The van der Waals surface area contributed by atoms with Crippen LogP contribution in [0.15, 0.2) is 53.1 Å². The van der Waals surface area contributed by atoms with Crippen molar-refractivity contribution in [3.63, 3.8) is 0 Å². The Morgan fingerprint density at radius 3 is 2.62 bits per heavy atom. The van der Waals surface area contributed by atoms with E-state index < -0.39 is 0 Å². The Morgan fingerprint density at radius 1 is 1.19 bits per heavy atom. The molecule has 3 rings (SSSR count). The lowest BCUT2D eigenvalue weighted by molar-refractivity contribution is 0.102. The predicted octanol–water partition coefficient (Wildman–Crippen LogP) is 4.91. The van der Waals surface area contributed by atoms with Gasteiger partial charge in [-0.3, -0.25) is 9.89 Å². The third kappa shape index (κ3) is 4.49. The number of carbonyl (C=O) groups excluding carboxylic acids is 1. The van der Waals surface area contributed by atoms with Gasteiger partial charge in [0.15, 0.2) is 5.82 Å². The largest absolute Gasteiger partial charge is 0.439 e. The van der Waals surface area contributed by atoms with Crippen molar-refractivity contribution in [3.8, 4) is 11.6 Å². The summed E-state index contributed by atoms with van der Waals surface area (Å²) in [6.45, 7) is 6.21. The molecule has 0 unspecified atom stereocenters. The van der Waals surface area contributed by atoms with Crippen LogP contribution in [0, 0.1) is 0 Å². The molecule has 134 valence electrons. The summed E-state index contributed by atoms with van der Waals surface area (Å²) in [4.78, 5) is 16.5. The van der Waals surface area contributed by atoms with Crippen LogP contribution in [0.5, 0.6) is 11.6 Å². The van der Waals surface area contributed by atoms with Gasteiger partial charge in [-0.15, -0.1) is 0 Å². The number of aromatic nitrogens is 3. The number of hydrogen-bond donors (Lipinski definition) is 2. The highest BCUT2D eigenvalue weighted by atomic mass is 79.9. The van der Waals surface area contributed by atoms with Crippen LogP contribution in [0.4, 0.5) is 5.82 Å². The molecule has 0 bridgehead atoms.